The molecule has 0 unspecified atom stereocenters. The maximum Gasteiger partial charge on any atom is 0.264 e. The summed E-state index contributed by atoms with van der Waals surface area (Å²) in [5.41, 5.74) is 1.07. The monoisotopic (exact) mass is 655 g/mol. The summed E-state index contributed by atoms with van der Waals surface area (Å²) in [6.07, 6.45) is 5.11. The van der Waals surface area contributed by atoms with E-state index in [0.717, 1.165) is 46.4 Å². The van der Waals surface area contributed by atoms with Crippen LogP contribution in [0, 0.1) is 0 Å². The van der Waals surface area contributed by atoms with Crippen LogP contribution in [-0.2, 0) is 26.2 Å². The first-order valence-electron chi connectivity index (χ1n) is 14.3. The molecule has 1 N–H and O–H groups in total. The molecule has 0 spiro atoms. The lowest BCUT2D eigenvalue weighted by molar-refractivity contribution is -0.139. The Morgan fingerprint density at radius 2 is 1.60 bits per heavy atom. The van der Waals surface area contributed by atoms with Gasteiger partial charge >= 0.3 is 0 Å². The number of ether oxygens (including phenoxy) is 1. The van der Waals surface area contributed by atoms with Crippen LogP contribution in [0.3, 0.4) is 0 Å². The normalized spacial score (nSPS) is 14.5. The average Bonchev–Trinajstić information content (AvgIpc) is 3.00. The Labute approximate surface area is 257 Å². The van der Waals surface area contributed by atoms with Crippen molar-refractivity contribution in [2.75, 3.05) is 17.5 Å². The van der Waals surface area contributed by atoms with Gasteiger partial charge in [0.1, 0.15) is 18.3 Å². The van der Waals surface area contributed by atoms with Crippen LogP contribution in [0.1, 0.15) is 51.5 Å². The fourth-order valence-corrected chi connectivity index (χ4v) is 6.82. The molecule has 10 heteroatoms. The standard InChI is InChI=1S/C32H38BrN3O5S/c1-3-41-30-17-11-10-16-29(30)36(42(39,40)28-14-8-5-9-15-28)23-31(37)35(22-25-18-20-26(33)21-19-25)24(2)32(38)34-27-12-6-4-7-13-27/h5,8-11,14-21,24,27H,3-4,6-7,12-13,22-23H2,1-2H3,(H,34,38)/t24-/m1/s1. The number of sulfonamides is 1. The second-order valence-electron chi connectivity index (χ2n) is 10.4. The summed E-state index contributed by atoms with van der Waals surface area (Å²) in [6, 6.07) is 21.5. The largest absolute Gasteiger partial charge is 0.492 e. The first-order chi connectivity index (χ1) is 20.2. The predicted molar refractivity (Wildman–Crippen MR) is 168 cm³/mol. The molecular formula is C32H38BrN3O5S. The highest BCUT2D eigenvalue weighted by molar-refractivity contribution is 9.10. The van der Waals surface area contributed by atoms with Gasteiger partial charge in [0.05, 0.1) is 17.2 Å². The molecule has 1 fully saturated rings. The molecule has 1 aliphatic carbocycles. The zero-order chi connectivity index (χ0) is 30.1. The number of nitrogens with one attached hydrogen (secondary N) is 1. The van der Waals surface area contributed by atoms with E-state index in [0.29, 0.717) is 12.4 Å². The second-order valence-corrected chi connectivity index (χ2v) is 13.2. The van der Waals surface area contributed by atoms with Gasteiger partial charge in [-0.1, -0.05) is 77.7 Å². The molecule has 8 nitrogen and oxygen atoms in total. The lowest BCUT2D eigenvalue weighted by Crippen LogP contribution is -2.53. The summed E-state index contributed by atoms with van der Waals surface area (Å²) in [7, 11) is -4.17. The van der Waals surface area contributed by atoms with Gasteiger partial charge in [-0.3, -0.25) is 13.9 Å². The molecule has 0 heterocycles. The van der Waals surface area contributed by atoms with Crippen molar-refractivity contribution in [3.63, 3.8) is 0 Å². The van der Waals surface area contributed by atoms with Crippen LogP contribution in [0.4, 0.5) is 5.69 Å². The number of halogens is 1. The Morgan fingerprint density at radius 1 is 0.952 bits per heavy atom. The molecule has 0 radical (unpaired) electrons. The number of amides is 2. The number of hydrogen-bond acceptors (Lipinski definition) is 5. The molecular weight excluding hydrogens is 618 g/mol. The fraction of sp³-hybridized carbons (Fsp3) is 0.375. The van der Waals surface area contributed by atoms with Gasteiger partial charge < -0.3 is 15.0 Å². The van der Waals surface area contributed by atoms with E-state index in [1.165, 1.54) is 17.0 Å². The Morgan fingerprint density at radius 3 is 2.26 bits per heavy atom. The minimum atomic E-state index is -4.17. The van der Waals surface area contributed by atoms with Crippen LogP contribution in [0.2, 0.25) is 0 Å². The molecule has 2 amide bonds. The minimum absolute atomic E-state index is 0.0478. The Kier molecular flexibility index (Phi) is 11.0. The van der Waals surface area contributed by atoms with Gasteiger partial charge in [0.15, 0.2) is 0 Å². The van der Waals surface area contributed by atoms with Crippen LogP contribution >= 0.6 is 15.9 Å². The third kappa shape index (κ3) is 7.92. The van der Waals surface area contributed by atoms with E-state index in [9.17, 15) is 18.0 Å². The molecule has 3 aromatic carbocycles. The zero-order valence-electron chi connectivity index (χ0n) is 24.0. The SMILES string of the molecule is CCOc1ccccc1N(CC(=O)N(Cc1ccc(Br)cc1)[C@H](C)C(=O)NC1CCCCC1)S(=O)(=O)c1ccccc1. The second kappa shape index (κ2) is 14.7. The van der Waals surface area contributed by atoms with Crippen molar-refractivity contribution in [2.45, 2.75) is 69.5 Å². The molecule has 1 saturated carbocycles. The number of para-hydroxylation sites is 2. The number of nitrogens with zero attached hydrogens (tertiary/aromatic N) is 2. The summed E-state index contributed by atoms with van der Waals surface area (Å²) in [5.74, 6) is -0.413. The summed E-state index contributed by atoms with van der Waals surface area (Å²) in [6.45, 7) is 3.44. The lowest BCUT2D eigenvalue weighted by Gasteiger charge is -2.33. The van der Waals surface area contributed by atoms with Crippen LogP contribution in [0.5, 0.6) is 5.75 Å². The summed E-state index contributed by atoms with van der Waals surface area (Å²) < 4.78 is 35.8. The number of hydrogen-bond donors (Lipinski definition) is 1. The van der Waals surface area contributed by atoms with Crippen LogP contribution in [0.25, 0.3) is 0 Å². The van der Waals surface area contributed by atoms with Crippen molar-refractivity contribution in [3.05, 3.63) is 88.9 Å². The van der Waals surface area contributed by atoms with Gasteiger partial charge in [-0.15, -0.1) is 0 Å². The number of carbonyl (C=O) groups excluding carboxylic acids is 2. The molecule has 42 heavy (non-hydrogen) atoms. The van der Waals surface area contributed by atoms with Crippen LogP contribution in [-0.4, -0.2) is 50.4 Å². The maximum absolute atomic E-state index is 14.2. The van der Waals surface area contributed by atoms with E-state index in [2.05, 4.69) is 21.2 Å². The van der Waals surface area contributed by atoms with Crippen LogP contribution < -0.4 is 14.4 Å². The smallest absolute Gasteiger partial charge is 0.264 e. The third-order valence-corrected chi connectivity index (χ3v) is 9.73. The van der Waals surface area contributed by atoms with Crippen molar-refractivity contribution in [1.29, 1.82) is 0 Å². The van der Waals surface area contributed by atoms with Crippen molar-refractivity contribution >= 4 is 43.5 Å². The molecule has 4 rings (SSSR count). The Bertz CT molecular complexity index is 1440. The summed E-state index contributed by atoms with van der Waals surface area (Å²) in [4.78, 5) is 29.1. The minimum Gasteiger partial charge on any atom is -0.492 e. The van der Waals surface area contributed by atoms with E-state index in [-0.39, 0.29) is 29.1 Å². The highest BCUT2D eigenvalue weighted by Crippen LogP contribution is 2.33. The molecule has 1 aliphatic rings. The first kappa shape index (κ1) is 31.6. The molecule has 1 atom stereocenters. The molecule has 0 saturated heterocycles. The van der Waals surface area contributed by atoms with Crippen molar-refractivity contribution in [3.8, 4) is 5.75 Å². The van der Waals surface area contributed by atoms with E-state index in [4.69, 9.17) is 4.74 Å². The van der Waals surface area contributed by atoms with Crippen molar-refractivity contribution in [2.24, 2.45) is 0 Å². The Hall–Kier alpha value is -3.37. The van der Waals surface area contributed by atoms with E-state index >= 15 is 0 Å². The first-order valence-corrected chi connectivity index (χ1v) is 16.6. The average molecular weight is 657 g/mol. The topological polar surface area (TPSA) is 96.0 Å². The van der Waals surface area contributed by atoms with Gasteiger partial charge in [0.25, 0.3) is 10.0 Å². The highest BCUT2D eigenvalue weighted by atomic mass is 79.9. The molecule has 0 aliphatic heterocycles. The van der Waals surface area contributed by atoms with Crippen molar-refractivity contribution < 1.29 is 22.7 Å². The maximum atomic E-state index is 14.2. The van der Waals surface area contributed by atoms with Crippen LogP contribution in [0.15, 0.2) is 88.2 Å². The third-order valence-electron chi connectivity index (χ3n) is 7.43. The van der Waals surface area contributed by atoms with E-state index < -0.39 is 28.5 Å². The van der Waals surface area contributed by atoms with Gasteiger partial charge in [0.2, 0.25) is 11.8 Å². The summed E-state index contributed by atoms with van der Waals surface area (Å²) >= 11 is 3.44. The predicted octanol–water partition coefficient (Wildman–Crippen LogP) is 5.91. The Balaban J connectivity index is 1.70. The van der Waals surface area contributed by atoms with Gasteiger partial charge in [0, 0.05) is 17.1 Å². The van der Waals surface area contributed by atoms with Crippen molar-refractivity contribution in [1.82, 2.24) is 10.2 Å². The molecule has 3 aromatic rings. The number of rotatable bonds is 12. The van der Waals surface area contributed by atoms with Gasteiger partial charge in [-0.25, -0.2) is 8.42 Å². The van der Waals surface area contributed by atoms with E-state index in [1.807, 2.05) is 31.2 Å². The molecule has 0 aromatic heterocycles. The number of anilines is 1. The van der Waals surface area contributed by atoms with Gasteiger partial charge in [-0.05, 0) is 68.7 Å². The fourth-order valence-electron chi connectivity index (χ4n) is 5.11. The number of carbonyl (C=O) groups is 2. The van der Waals surface area contributed by atoms with E-state index in [1.54, 1.807) is 49.4 Å². The van der Waals surface area contributed by atoms with Gasteiger partial charge in [-0.2, -0.15) is 0 Å². The number of benzene rings is 3. The molecule has 0 bridgehead atoms. The lowest BCUT2D eigenvalue weighted by atomic mass is 9.95. The highest BCUT2D eigenvalue weighted by Gasteiger charge is 2.34. The summed E-state index contributed by atoms with van der Waals surface area (Å²) in [5, 5.41) is 3.12. The zero-order valence-corrected chi connectivity index (χ0v) is 26.4. The quantitative estimate of drug-likeness (QED) is 0.262. The molecule has 224 valence electrons.